The van der Waals surface area contributed by atoms with Gasteiger partial charge in [-0.15, -0.1) is 0 Å². The highest BCUT2D eigenvalue weighted by molar-refractivity contribution is 5.75. The van der Waals surface area contributed by atoms with Crippen molar-refractivity contribution in [2.45, 2.75) is 46.1 Å². The fourth-order valence-corrected chi connectivity index (χ4v) is 1.15. The highest BCUT2D eigenvalue weighted by Gasteiger charge is 2.16. The molecule has 0 fully saturated rings. The third kappa shape index (κ3) is 5.64. The SMILES string of the molecule is CCCNC(CCC)C(=O)OCC. The van der Waals surface area contributed by atoms with E-state index >= 15 is 0 Å². The summed E-state index contributed by atoms with van der Waals surface area (Å²) in [5.74, 6) is -0.113. The summed E-state index contributed by atoms with van der Waals surface area (Å²) in [7, 11) is 0. The summed E-state index contributed by atoms with van der Waals surface area (Å²) in [5.41, 5.74) is 0. The Kier molecular flexibility index (Phi) is 7.69. The zero-order chi connectivity index (χ0) is 10.1. The molecule has 0 radical (unpaired) electrons. The fraction of sp³-hybridized carbons (Fsp3) is 0.900. The highest BCUT2D eigenvalue weighted by Crippen LogP contribution is 1.99. The lowest BCUT2D eigenvalue weighted by Crippen LogP contribution is -2.38. The van der Waals surface area contributed by atoms with Crippen molar-refractivity contribution in [1.29, 1.82) is 0 Å². The number of hydrogen-bond acceptors (Lipinski definition) is 3. The molecule has 0 aromatic rings. The Morgan fingerprint density at radius 2 is 2.00 bits per heavy atom. The van der Waals surface area contributed by atoms with Crippen LogP contribution in [0.1, 0.15) is 40.0 Å². The Morgan fingerprint density at radius 3 is 2.46 bits per heavy atom. The maximum atomic E-state index is 11.4. The molecule has 1 atom stereocenters. The Labute approximate surface area is 80.8 Å². The molecule has 3 nitrogen and oxygen atoms in total. The molecule has 13 heavy (non-hydrogen) atoms. The second-order valence-corrected chi connectivity index (χ2v) is 3.05. The van der Waals surface area contributed by atoms with Crippen molar-refractivity contribution in [3.63, 3.8) is 0 Å². The molecule has 0 saturated carbocycles. The minimum absolute atomic E-state index is 0.107. The predicted molar refractivity (Wildman–Crippen MR) is 53.6 cm³/mol. The van der Waals surface area contributed by atoms with Crippen molar-refractivity contribution in [2.24, 2.45) is 0 Å². The molecule has 1 unspecified atom stereocenters. The number of esters is 1. The Morgan fingerprint density at radius 1 is 1.31 bits per heavy atom. The summed E-state index contributed by atoms with van der Waals surface area (Å²) in [6, 6.07) is -0.107. The Bertz CT molecular complexity index is 137. The van der Waals surface area contributed by atoms with Crippen molar-refractivity contribution in [3.05, 3.63) is 0 Å². The monoisotopic (exact) mass is 187 g/mol. The van der Waals surface area contributed by atoms with Gasteiger partial charge in [0.15, 0.2) is 0 Å². The van der Waals surface area contributed by atoms with Gasteiger partial charge in [0, 0.05) is 0 Å². The molecule has 0 aliphatic heterocycles. The van der Waals surface area contributed by atoms with Crippen molar-refractivity contribution in [1.82, 2.24) is 5.32 Å². The summed E-state index contributed by atoms with van der Waals surface area (Å²) >= 11 is 0. The van der Waals surface area contributed by atoms with Crippen LogP contribution < -0.4 is 5.32 Å². The van der Waals surface area contributed by atoms with E-state index in [0.717, 1.165) is 25.8 Å². The molecule has 1 N–H and O–H groups in total. The first kappa shape index (κ1) is 12.4. The zero-order valence-electron chi connectivity index (χ0n) is 8.93. The molecule has 0 heterocycles. The third-order valence-corrected chi connectivity index (χ3v) is 1.79. The number of carbonyl (C=O) groups excluding carboxylic acids is 1. The van der Waals surface area contributed by atoms with Crippen LogP contribution in [0.3, 0.4) is 0 Å². The van der Waals surface area contributed by atoms with Gasteiger partial charge in [0.05, 0.1) is 6.61 Å². The average molecular weight is 187 g/mol. The quantitative estimate of drug-likeness (QED) is 0.617. The van der Waals surface area contributed by atoms with Crippen molar-refractivity contribution in [3.8, 4) is 0 Å². The van der Waals surface area contributed by atoms with Crippen molar-refractivity contribution < 1.29 is 9.53 Å². The van der Waals surface area contributed by atoms with Gasteiger partial charge in [-0.2, -0.15) is 0 Å². The molecule has 0 aromatic carbocycles. The summed E-state index contributed by atoms with van der Waals surface area (Å²) in [6.07, 6.45) is 2.90. The van der Waals surface area contributed by atoms with Gasteiger partial charge in [-0.25, -0.2) is 0 Å². The van der Waals surface area contributed by atoms with Crippen LogP contribution in [-0.4, -0.2) is 25.2 Å². The molecule has 0 rings (SSSR count). The molecule has 3 heteroatoms. The second kappa shape index (κ2) is 8.05. The lowest BCUT2D eigenvalue weighted by atomic mass is 10.1. The largest absolute Gasteiger partial charge is 0.465 e. The molecular formula is C10H21NO2. The van der Waals surface area contributed by atoms with Gasteiger partial charge >= 0.3 is 5.97 Å². The number of hydrogen-bond donors (Lipinski definition) is 1. The maximum Gasteiger partial charge on any atom is 0.323 e. The van der Waals surface area contributed by atoms with E-state index < -0.39 is 0 Å². The minimum atomic E-state index is -0.113. The molecule has 0 aliphatic rings. The molecule has 0 aliphatic carbocycles. The van der Waals surface area contributed by atoms with Gasteiger partial charge in [0.2, 0.25) is 0 Å². The maximum absolute atomic E-state index is 11.4. The van der Waals surface area contributed by atoms with E-state index in [1.54, 1.807) is 0 Å². The molecule has 0 aromatic heterocycles. The van der Waals surface area contributed by atoms with Crippen LogP contribution in [0.4, 0.5) is 0 Å². The van der Waals surface area contributed by atoms with E-state index in [4.69, 9.17) is 4.74 Å². The standard InChI is InChI=1S/C10H21NO2/c1-4-7-9(11-8-5-2)10(12)13-6-3/h9,11H,4-8H2,1-3H3. The molecule has 78 valence electrons. The van der Waals surface area contributed by atoms with E-state index in [1.807, 2.05) is 6.92 Å². The summed E-state index contributed by atoms with van der Waals surface area (Å²) in [4.78, 5) is 11.4. The normalized spacial score (nSPS) is 12.5. The summed E-state index contributed by atoms with van der Waals surface area (Å²) < 4.78 is 4.95. The van der Waals surface area contributed by atoms with Crippen LogP contribution in [0.15, 0.2) is 0 Å². The predicted octanol–water partition coefficient (Wildman–Crippen LogP) is 1.72. The summed E-state index contributed by atoms with van der Waals surface area (Å²) in [5, 5.41) is 3.18. The van der Waals surface area contributed by atoms with Crippen LogP contribution in [0.2, 0.25) is 0 Å². The Hall–Kier alpha value is -0.570. The average Bonchev–Trinajstić information content (AvgIpc) is 2.12. The van der Waals surface area contributed by atoms with Crippen molar-refractivity contribution in [2.75, 3.05) is 13.2 Å². The molecule has 0 bridgehead atoms. The van der Waals surface area contributed by atoms with Crippen LogP contribution >= 0.6 is 0 Å². The van der Waals surface area contributed by atoms with E-state index in [0.29, 0.717) is 6.61 Å². The first-order chi connectivity index (χ1) is 6.26. The number of nitrogens with one attached hydrogen (secondary N) is 1. The number of carbonyl (C=O) groups is 1. The van der Waals surface area contributed by atoms with Crippen molar-refractivity contribution >= 4 is 5.97 Å². The summed E-state index contributed by atoms with van der Waals surface area (Å²) in [6.45, 7) is 7.33. The fourth-order valence-electron chi connectivity index (χ4n) is 1.15. The van der Waals surface area contributed by atoms with Gasteiger partial charge in [-0.05, 0) is 26.3 Å². The third-order valence-electron chi connectivity index (χ3n) is 1.79. The Balaban J connectivity index is 3.83. The highest BCUT2D eigenvalue weighted by atomic mass is 16.5. The van der Waals surface area contributed by atoms with E-state index in [9.17, 15) is 4.79 Å². The van der Waals surface area contributed by atoms with E-state index in [1.165, 1.54) is 0 Å². The minimum Gasteiger partial charge on any atom is -0.465 e. The number of rotatable bonds is 7. The first-order valence-electron chi connectivity index (χ1n) is 5.16. The first-order valence-corrected chi connectivity index (χ1v) is 5.16. The van der Waals surface area contributed by atoms with Crippen LogP contribution in [0.25, 0.3) is 0 Å². The number of ether oxygens (including phenoxy) is 1. The van der Waals surface area contributed by atoms with Gasteiger partial charge in [0.25, 0.3) is 0 Å². The lowest BCUT2D eigenvalue weighted by molar-refractivity contribution is -0.145. The van der Waals surface area contributed by atoms with E-state index in [2.05, 4.69) is 19.2 Å². The second-order valence-electron chi connectivity index (χ2n) is 3.05. The lowest BCUT2D eigenvalue weighted by Gasteiger charge is -2.15. The van der Waals surface area contributed by atoms with Gasteiger partial charge in [-0.3, -0.25) is 4.79 Å². The van der Waals surface area contributed by atoms with Crippen LogP contribution in [-0.2, 0) is 9.53 Å². The van der Waals surface area contributed by atoms with Crippen LogP contribution in [0, 0.1) is 0 Å². The van der Waals surface area contributed by atoms with Gasteiger partial charge in [0.1, 0.15) is 6.04 Å². The molecule has 0 amide bonds. The topological polar surface area (TPSA) is 38.3 Å². The molecule has 0 saturated heterocycles. The molecule has 0 spiro atoms. The molecular weight excluding hydrogens is 166 g/mol. The van der Waals surface area contributed by atoms with Crippen LogP contribution in [0.5, 0.6) is 0 Å². The van der Waals surface area contributed by atoms with Gasteiger partial charge in [-0.1, -0.05) is 20.3 Å². The zero-order valence-corrected chi connectivity index (χ0v) is 8.93. The smallest absolute Gasteiger partial charge is 0.323 e. The van der Waals surface area contributed by atoms with Gasteiger partial charge < -0.3 is 10.1 Å². The van der Waals surface area contributed by atoms with E-state index in [-0.39, 0.29) is 12.0 Å².